The maximum absolute atomic E-state index is 7.12. The van der Waals surface area contributed by atoms with Crippen LogP contribution in [-0.2, 0) is 4.52 Å². The standard InChI is InChI=1S/C22H48NOP.CH4/c1-7-8-9-10-11-12-13-14-15-16-17-18-19-20-24-25(6)23(21(2)3)22(4)5;/h21-22H,7-20H2,1-6H3;1H4/i1T;. The Labute approximate surface area is 170 Å². The molecular formula is C23H52NOP. The molecule has 0 radical (unpaired) electrons. The molecule has 26 heavy (non-hydrogen) atoms. The van der Waals surface area contributed by atoms with Gasteiger partial charge in [0.25, 0.3) is 0 Å². The van der Waals surface area contributed by atoms with Crippen molar-refractivity contribution in [2.75, 3.05) is 13.3 Å². The fourth-order valence-corrected chi connectivity index (χ4v) is 5.38. The topological polar surface area (TPSA) is 12.5 Å². The van der Waals surface area contributed by atoms with Crippen LogP contribution in [0.1, 0.15) is 127 Å². The van der Waals surface area contributed by atoms with Crippen LogP contribution in [0.15, 0.2) is 0 Å². The van der Waals surface area contributed by atoms with Gasteiger partial charge < -0.3 is 4.52 Å². The van der Waals surface area contributed by atoms with Gasteiger partial charge in [-0.2, -0.15) is 0 Å². The zero-order valence-corrected chi connectivity index (χ0v) is 19.0. The van der Waals surface area contributed by atoms with E-state index in [-0.39, 0.29) is 7.43 Å². The largest absolute Gasteiger partial charge is 0.344 e. The molecule has 0 aromatic carbocycles. The summed E-state index contributed by atoms with van der Waals surface area (Å²) < 4.78 is 15.7. The second-order valence-corrected chi connectivity index (χ2v) is 9.61. The van der Waals surface area contributed by atoms with Crippen molar-refractivity contribution < 1.29 is 5.89 Å². The van der Waals surface area contributed by atoms with E-state index in [0.717, 1.165) is 13.0 Å². The molecule has 0 fully saturated rings. The molecule has 1 atom stereocenters. The quantitative estimate of drug-likeness (QED) is 0.171. The molecule has 1 unspecified atom stereocenters. The molecule has 0 saturated heterocycles. The van der Waals surface area contributed by atoms with Crippen LogP contribution in [0, 0.1) is 0 Å². The van der Waals surface area contributed by atoms with Crippen molar-refractivity contribution in [3.8, 4) is 0 Å². The van der Waals surface area contributed by atoms with Gasteiger partial charge in [-0.1, -0.05) is 91.4 Å². The van der Waals surface area contributed by atoms with E-state index in [9.17, 15) is 0 Å². The molecule has 0 heterocycles. The molecule has 0 saturated carbocycles. The Kier molecular flexibility index (Phi) is 20.4. The Morgan fingerprint density at radius 3 is 1.50 bits per heavy atom. The van der Waals surface area contributed by atoms with Crippen molar-refractivity contribution in [1.82, 2.24) is 4.67 Å². The molecule has 0 amide bonds. The predicted molar refractivity (Wildman–Crippen MR) is 123 cm³/mol. The molecule has 3 heteroatoms. The van der Waals surface area contributed by atoms with E-state index in [4.69, 9.17) is 5.89 Å². The van der Waals surface area contributed by atoms with Gasteiger partial charge in [-0.25, -0.2) is 0 Å². The smallest absolute Gasteiger partial charge is 0.101 e. The summed E-state index contributed by atoms with van der Waals surface area (Å²) in [6, 6.07) is 1.13. The Morgan fingerprint density at radius 2 is 1.12 bits per heavy atom. The molecule has 0 aliphatic heterocycles. The Balaban J connectivity index is 0. The third-order valence-corrected chi connectivity index (χ3v) is 6.94. The van der Waals surface area contributed by atoms with E-state index >= 15 is 0 Å². The number of unbranched alkanes of at least 4 members (excludes halogenated alkanes) is 12. The molecule has 0 aromatic heterocycles. The van der Waals surface area contributed by atoms with Crippen LogP contribution in [0.4, 0.5) is 0 Å². The highest BCUT2D eigenvalue weighted by Gasteiger charge is 2.20. The summed E-state index contributed by atoms with van der Waals surface area (Å²) in [6.07, 6.45) is 17.5. The van der Waals surface area contributed by atoms with Gasteiger partial charge in [0.2, 0.25) is 0 Å². The minimum Gasteiger partial charge on any atom is -0.344 e. The first kappa shape index (κ1) is 26.4. The molecule has 0 spiro atoms. The molecule has 2 nitrogen and oxygen atoms in total. The molecule has 0 N–H and O–H groups in total. The van der Waals surface area contributed by atoms with Gasteiger partial charge in [0.15, 0.2) is 0 Å². The van der Waals surface area contributed by atoms with E-state index in [0.29, 0.717) is 19.0 Å². The molecule has 0 aliphatic carbocycles. The zero-order valence-electron chi connectivity index (χ0n) is 19.1. The van der Waals surface area contributed by atoms with Gasteiger partial charge in [-0.15, -0.1) is 0 Å². The van der Waals surface area contributed by atoms with Gasteiger partial charge >= 0.3 is 0 Å². The third kappa shape index (κ3) is 16.5. The van der Waals surface area contributed by atoms with E-state index < -0.39 is 8.30 Å². The van der Waals surface area contributed by atoms with Crippen molar-refractivity contribution in [3.63, 3.8) is 0 Å². The first-order chi connectivity index (χ1) is 12.5. The van der Waals surface area contributed by atoms with Crippen molar-refractivity contribution in [1.29, 1.82) is 0 Å². The second kappa shape index (κ2) is 20.1. The molecular weight excluding hydrogens is 337 g/mol. The van der Waals surface area contributed by atoms with Gasteiger partial charge in [-0.05, 0) is 40.8 Å². The maximum atomic E-state index is 7.12. The second-order valence-electron chi connectivity index (χ2n) is 7.96. The van der Waals surface area contributed by atoms with Gasteiger partial charge in [0, 0.05) is 13.5 Å². The SMILES string of the molecule is C.[3H]CCCCCCCCCCCCCCCOP(C)N(C(C)C)C(C)C. The highest BCUT2D eigenvalue weighted by atomic mass is 31.2. The Morgan fingerprint density at radius 1 is 0.731 bits per heavy atom. The predicted octanol–water partition coefficient (Wildman–Crippen LogP) is 8.79. The van der Waals surface area contributed by atoms with Gasteiger partial charge in [-0.3, -0.25) is 4.67 Å². The van der Waals surface area contributed by atoms with E-state index in [1.54, 1.807) is 0 Å². The average molecular weight is 392 g/mol. The molecule has 0 aliphatic rings. The molecule has 160 valence electrons. The van der Waals surface area contributed by atoms with Crippen molar-refractivity contribution >= 4 is 8.30 Å². The zero-order chi connectivity index (χ0) is 19.6. The average Bonchev–Trinajstić information content (AvgIpc) is 2.57. The Bertz CT molecular complexity index is 282. The third-order valence-electron chi connectivity index (χ3n) is 4.81. The van der Waals surface area contributed by atoms with Crippen molar-refractivity contribution in [2.24, 2.45) is 0 Å². The molecule has 0 bridgehead atoms. The van der Waals surface area contributed by atoms with Crippen molar-refractivity contribution in [3.05, 3.63) is 0 Å². The van der Waals surface area contributed by atoms with Crippen LogP contribution in [0.2, 0.25) is 0 Å². The summed E-state index contributed by atoms with van der Waals surface area (Å²) in [5.74, 6) is 0. The summed E-state index contributed by atoms with van der Waals surface area (Å²) in [6.45, 7) is 12.9. The highest BCUT2D eigenvalue weighted by Crippen LogP contribution is 2.40. The molecule has 0 rings (SSSR count). The minimum atomic E-state index is -0.440. The summed E-state index contributed by atoms with van der Waals surface area (Å²) in [7, 11) is -0.440. The van der Waals surface area contributed by atoms with Crippen LogP contribution < -0.4 is 0 Å². The first-order valence-corrected chi connectivity index (χ1v) is 12.6. The number of rotatable bonds is 18. The fraction of sp³-hybridized carbons (Fsp3) is 1.00. The number of hydrogen-bond donors (Lipinski definition) is 0. The lowest BCUT2D eigenvalue weighted by Crippen LogP contribution is -2.32. The number of hydrogen-bond acceptors (Lipinski definition) is 2. The van der Waals surface area contributed by atoms with E-state index in [1.165, 1.54) is 77.0 Å². The lowest BCUT2D eigenvalue weighted by atomic mass is 10.0. The summed E-state index contributed by atoms with van der Waals surface area (Å²) in [4.78, 5) is 0. The summed E-state index contributed by atoms with van der Waals surface area (Å²) in [5.41, 5.74) is 0. The van der Waals surface area contributed by atoms with Gasteiger partial charge in [0.1, 0.15) is 8.30 Å². The van der Waals surface area contributed by atoms with Gasteiger partial charge in [0.05, 0.1) is 6.61 Å². The maximum Gasteiger partial charge on any atom is 0.101 e. The summed E-state index contributed by atoms with van der Waals surface area (Å²) in [5, 5.41) is 0. The van der Waals surface area contributed by atoms with Crippen LogP contribution in [0.3, 0.4) is 0 Å². The number of nitrogens with zero attached hydrogens (tertiary/aromatic N) is 1. The Hall–Kier alpha value is 0.350. The van der Waals surface area contributed by atoms with Crippen molar-refractivity contribution in [2.45, 2.75) is 138 Å². The molecule has 0 aromatic rings. The lowest BCUT2D eigenvalue weighted by molar-refractivity contribution is 0.252. The first-order valence-electron chi connectivity index (χ1n) is 11.7. The fourth-order valence-electron chi connectivity index (χ4n) is 3.56. The van der Waals surface area contributed by atoms with E-state index in [2.05, 4.69) is 39.0 Å². The minimum absolute atomic E-state index is 0. The summed E-state index contributed by atoms with van der Waals surface area (Å²) >= 11 is 0. The van der Waals surface area contributed by atoms with Crippen LogP contribution in [0.25, 0.3) is 0 Å². The monoisotopic (exact) mass is 391 g/mol. The lowest BCUT2D eigenvalue weighted by Gasteiger charge is -2.35. The van der Waals surface area contributed by atoms with Crippen LogP contribution >= 0.6 is 8.30 Å². The highest BCUT2D eigenvalue weighted by molar-refractivity contribution is 7.49. The normalized spacial score (nSPS) is 13.3. The van der Waals surface area contributed by atoms with Crippen LogP contribution in [0.5, 0.6) is 0 Å². The van der Waals surface area contributed by atoms with Crippen LogP contribution in [-0.4, -0.2) is 30.0 Å². The van der Waals surface area contributed by atoms with E-state index in [1.807, 2.05) is 0 Å².